The summed E-state index contributed by atoms with van der Waals surface area (Å²) >= 11 is 0. The van der Waals surface area contributed by atoms with Gasteiger partial charge in [0.15, 0.2) is 0 Å². The summed E-state index contributed by atoms with van der Waals surface area (Å²) in [6.07, 6.45) is 4.14. The van der Waals surface area contributed by atoms with E-state index >= 15 is 0 Å². The third-order valence-corrected chi connectivity index (χ3v) is 3.21. The average molecular weight is 281 g/mol. The summed E-state index contributed by atoms with van der Waals surface area (Å²) in [5, 5.41) is 0. The Bertz CT molecular complexity index is 620. The highest BCUT2D eigenvalue weighted by Crippen LogP contribution is 2.20. The summed E-state index contributed by atoms with van der Waals surface area (Å²) < 4.78 is 4.82. The number of hydrogen-bond acceptors (Lipinski definition) is 3. The molecule has 0 aliphatic rings. The predicted octanol–water partition coefficient (Wildman–Crippen LogP) is 3.62. The molecule has 0 aliphatic carbocycles. The molecule has 2 aromatic rings. The van der Waals surface area contributed by atoms with Gasteiger partial charge in [-0.1, -0.05) is 54.6 Å². The number of ether oxygens (including phenoxy) is 1. The standard InChI is InChI=1S/C18H19NO2/c1-19(14-8-11-15-9-4-3-5-10-15)17-13-7-6-12-16(17)18(20)21-2/h3-13H,14H2,1-2H3. The smallest absolute Gasteiger partial charge is 0.339 e. The SMILES string of the molecule is COC(=O)c1ccccc1N(C)CC=Cc1ccccc1. The van der Waals surface area contributed by atoms with Gasteiger partial charge in [0.05, 0.1) is 18.4 Å². The summed E-state index contributed by atoms with van der Waals surface area (Å²) in [6, 6.07) is 17.6. The molecule has 0 amide bonds. The van der Waals surface area contributed by atoms with E-state index in [1.165, 1.54) is 7.11 Å². The number of benzene rings is 2. The van der Waals surface area contributed by atoms with Gasteiger partial charge in [0.1, 0.15) is 0 Å². The second-order valence-corrected chi connectivity index (χ2v) is 4.70. The molecular weight excluding hydrogens is 262 g/mol. The first kappa shape index (κ1) is 14.9. The number of nitrogens with zero attached hydrogens (tertiary/aromatic N) is 1. The van der Waals surface area contributed by atoms with Crippen LogP contribution in [0.5, 0.6) is 0 Å². The minimum Gasteiger partial charge on any atom is -0.465 e. The van der Waals surface area contributed by atoms with Crippen molar-refractivity contribution in [2.45, 2.75) is 0 Å². The largest absolute Gasteiger partial charge is 0.465 e. The van der Waals surface area contributed by atoms with Crippen LogP contribution in [0.15, 0.2) is 60.7 Å². The zero-order valence-electron chi connectivity index (χ0n) is 12.3. The Kier molecular flexibility index (Phi) is 5.16. The normalized spacial score (nSPS) is 10.6. The van der Waals surface area contributed by atoms with E-state index in [2.05, 4.69) is 24.3 Å². The second kappa shape index (κ2) is 7.29. The average Bonchev–Trinajstić information content (AvgIpc) is 2.55. The van der Waals surface area contributed by atoms with Crippen molar-refractivity contribution >= 4 is 17.7 Å². The maximum Gasteiger partial charge on any atom is 0.339 e. The van der Waals surface area contributed by atoms with Gasteiger partial charge in [-0.15, -0.1) is 0 Å². The van der Waals surface area contributed by atoms with Crippen LogP contribution in [0.2, 0.25) is 0 Å². The molecule has 0 saturated heterocycles. The quantitative estimate of drug-likeness (QED) is 0.784. The van der Waals surface area contributed by atoms with Crippen molar-refractivity contribution in [3.05, 3.63) is 71.8 Å². The molecule has 21 heavy (non-hydrogen) atoms. The number of hydrogen-bond donors (Lipinski definition) is 0. The van der Waals surface area contributed by atoms with Crippen LogP contribution < -0.4 is 4.90 Å². The van der Waals surface area contributed by atoms with E-state index in [0.717, 1.165) is 11.3 Å². The van der Waals surface area contributed by atoms with Gasteiger partial charge in [0.25, 0.3) is 0 Å². The maximum absolute atomic E-state index is 11.8. The number of methoxy groups -OCH3 is 1. The van der Waals surface area contributed by atoms with Crippen LogP contribution in [0.25, 0.3) is 6.08 Å². The van der Waals surface area contributed by atoms with E-state index in [1.54, 1.807) is 6.07 Å². The van der Waals surface area contributed by atoms with Crippen molar-refractivity contribution in [2.24, 2.45) is 0 Å². The van der Waals surface area contributed by atoms with Crippen LogP contribution in [-0.2, 0) is 4.74 Å². The highest BCUT2D eigenvalue weighted by atomic mass is 16.5. The highest BCUT2D eigenvalue weighted by Gasteiger charge is 2.13. The van der Waals surface area contributed by atoms with Crippen molar-refractivity contribution < 1.29 is 9.53 Å². The maximum atomic E-state index is 11.8. The number of esters is 1. The summed E-state index contributed by atoms with van der Waals surface area (Å²) in [6.45, 7) is 0.711. The van der Waals surface area contributed by atoms with Crippen LogP contribution in [0.1, 0.15) is 15.9 Å². The second-order valence-electron chi connectivity index (χ2n) is 4.70. The molecular formula is C18H19NO2. The molecule has 108 valence electrons. The molecule has 0 radical (unpaired) electrons. The summed E-state index contributed by atoms with van der Waals surface area (Å²) in [5.41, 5.74) is 2.60. The Morgan fingerprint density at radius 2 is 1.76 bits per heavy atom. The summed E-state index contributed by atoms with van der Waals surface area (Å²) in [4.78, 5) is 13.8. The number of carbonyl (C=O) groups is 1. The van der Waals surface area contributed by atoms with Crippen molar-refractivity contribution in [1.29, 1.82) is 0 Å². The number of carbonyl (C=O) groups excluding carboxylic acids is 1. The van der Waals surface area contributed by atoms with E-state index in [-0.39, 0.29) is 5.97 Å². The molecule has 0 spiro atoms. The van der Waals surface area contributed by atoms with E-state index in [0.29, 0.717) is 12.1 Å². The first-order chi connectivity index (χ1) is 10.2. The monoisotopic (exact) mass is 281 g/mol. The lowest BCUT2D eigenvalue weighted by atomic mass is 10.1. The van der Waals surface area contributed by atoms with Crippen LogP contribution >= 0.6 is 0 Å². The molecule has 0 fully saturated rings. The lowest BCUT2D eigenvalue weighted by Gasteiger charge is -2.19. The van der Waals surface area contributed by atoms with E-state index in [9.17, 15) is 4.79 Å². The third kappa shape index (κ3) is 3.96. The molecule has 0 heterocycles. The molecule has 0 aliphatic heterocycles. The molecule has 3 nitrogen and oxygen atoms in total. The molecule has 0 saturated carbocycles. The topological polar surface area (TPSA) is 29.5 Å². The van der Waals surface area contributed by atoms with Crippen molar-refractivity contribution in [3.63, 3.8) is 0 Å². The summed E-state index contributed by atoms with van der Waals surface area (Å²) in [5.74, 6) is -0.315. The molecule has 2 rings (SSSR count). The van der Waals surface area contributed by atoms with E-state index in [1.807, 2.05) is 48.3 Å². The zero-order chi connectivity index (χ0) is 15.1. The molecule has 0 atom stereocenters. The first-order valence-electron chi connectivity index (χ1n) is 6.82. The molecule has 2 aromatic carbocycles. The first-order valence-corrected chi connectivity index (χ1v) is 6.82. The molecule has 0 aromatic heterocycles. The van der Waals surface area contributed by atoms with Crippen molar-refractivity contribution in [3.8, 4) is 0 Å². The van der Waals surface area contributed by atoms with Crippen molar-refractivity contribution in [2.75, 3.05) is 25.6 Å². The van der Waals surface area contributed by atoms with Gasteiger partial charge < -0.3 is 9.64 Å². The van der Waals surface area contributed by atoms with Crippen molar-refractivity contribution in [1.82, 2.24) is 0 Å². The Hall–Kier alpha value is -2.55. The summed E-state index contributed by atoms with van der Waals surface area (Å²) in [7, 11) is 3.35. The van der Waals surface area contributed by atoms with Gasteiger partial charge in [-0.05, 0) is 17.7 Å². The van der Waals surface area contributed by atoms with Crippen LogP contribution in [0.3, 0.4) is 0 Å². The number of likely N-dealkylation sites (N-methyl/N-ethyl adjacent to an activating group) is 1. The fourth-order valence-corrected chi connectivity index (χ4v) is 2.10. The molecule has 0 bridgehead atoms. The number of rotatable bonds is 5. The number of anilines is 1. The van der Waals surface area contributed by atoms with Gasteiger partial charge >= 0.3 is 5.97 Å². The Balaban J connectivity index is 2.09. The van der Waals surface area contributed by atoms with Gasteiger partial charge in [0.2, 0.25) is 0 Å². The lowest BCUT2D eigenvalue weighted by Crippen LogP contribution is -2.20. The lowest BCUT2D eigenvalue weighted by molar-refractivity contribution is 0.0601. The van der Waals surface area contributed by atoms with Crippen LogP contribution in [0, 0.1) is 0 Å². The van der Waals surface area contributed by atoms with Gasteiger partial charge in [0, 0.05) is 13.6 Å². The molecule has 3 heteroatoms. The Labute approximate surface area is 125 Å². The third-order valence-electron chi connectivity index (χ3n) is 3.21. The van der Waals surface area contributed by atoms with Crippen LogP contribution in [0.4, 0.5) is 5.69 Å². The highest BCUT2D eigenvalue weighted by molar-refractivity contribution is 5.95. The van der Waals surface area contributed by atoms with Crippen LogP contribution in [-0.4, -0.2) is 26.7 Å². The van der Waals surface area contributed by atoms with E-state index < -0.39 is 0 Å². The Morgan fingerprint density at radius 1 is 1.10 bits per heavy atom. The number of para-hydroxylation sites is 1. The fraction of sp³-hybridized carbons (Fsp3) is 0.167. The van der Waals surface area contributed by atoms with Gasteiger partial charge in [-0.25, -0.2) is 4.79 Å². The molecule has 0 N–H and O–H groups in total. The zero-order valence-corrected chi connectivity index (χ0v) is 12.3. The fourth-order valence-electron chi connectivity index (χ4n) is 2.10. The Morgan fingerprint density at radius 3 is 2.48 bits per heavy atom. The minimum absolute atomic E-state index is 0.315. The van der Waals surface area contributed by atoms with Gasteiger partial charge in [-0.3, -0.25) is 0 Å². The predicted molar refractivity (Wildman–Crippen MR) is 86.5 cm³/mol. The van der Waals surface area contributed by atoms with E-state index in [4.69, 9.17) is 4.74 Å². The molecule has 0 unspecified atom stereocenters. The van der Waals surface area contributed by atoms with Gasteiger partial charge in [-0.2, -0.15) is 0 Å². The minimum atomic E-state index is -0.315.